The van der Waals surface area contributed by atoms with Gasteiger partial charge in [-0.25, -0.2) is 4.39 Å². The van der Waals surface area contributed by atoms with Gasteiger partial charge in [0.25, 0.3) is 0 Å². The van der Waals surface area contributed by atoms with Gasteiger partial charge in [-0.15, -0.1) is 0 Å². The van der Waals surface area contributed by atoms with Gasteiger partial charge < -0.3 is 20.1 Å². The Hall–Kier alpha value is -1.49. The number of ether oxygens (including phenoxy) is 2. The molecule has 1 atom stereocenters. The van der Waals surface area contributed by atoms with Crippen LogP contribution in [0.5, 0.6) is 5.75 Å². The highest BCUT2D eigenvalue weighted by molar-refractivity contribution is 5.70. The average Bonchev–Trinajstić information content (AvgIpc) is 2.41. The topological polar surface area (TPSA) is 47.7 Å². The summed E-state index contributed by atoms with van der Waals surface area (Å²) in [5.41, 5.74) is 7.22. The summed E-state index contributed by atoms with van der Waals surface area (Å²) in [6.07, 6.45) is 2.20. The van der Waals surface area contributed by atoms with Gasteiger partial charge in [-0.1, -0.05) is 0 Å². The molecule has 4 nitrogen and oxygen atoms in total. The number of nitrogens with zero attached hydrogens (tertiary/aromatic N) is 1. The Labute approximate surface area is 119 Å². The molecule has 1 saturated heterocycles. The highest BCUT2D eigenvalue weighted by atomic mass is 19.1. The molecule has 0 aliphatic carbocycles. The van der Waals surface area contributed by atoms with E-state index in [1.165, 1.54) is 6.07 Å². The van der Waals surface area contributed by atoms with Crippen molar-refractivity contribution in [1.29, 1.82) is 0 Å². The molecule has 1 aromatic carbocycles. The quantitative estimate of drug-likeness (QED) is 0.863. The van der Waals surface area contributed by atoms with Crippen molar-refractivity contribution in [3.63, 3.8) is 0 Å². The van der Waals surface area contributed by atoms with E-state index in [9.17, 15) is 4.39 Å². The summed E-state index contributed by atoms with van der Waals surface area (Å²) < 4.78 is 24.8. The molecule has 1 aliphatic heterocycles. The number of methoxy groups -OCH3 is 1. The third-order valence-electron chi connectivity index (χ3n) is 3.50. The van der Waals surface area contributed by atoms with Crippen molar-refractivity contribution in [1.82, 2.24) is 0 Å². The number of hydrogen-bond acceptors (Lipinski definition) is 4. The summed E-state index contributed by atoms with van der Waals surface area (Å²) in [5.74, 6) is -0.163. The molecule has 0 spiro atoms. The normalized spacial score (nSPS) is 19.4. The third-order valence-corrected chi connectivity index (χ3v) is 3.50. The Balaban J connectivity index is 2.26. The number of benzene rings is 1. The molecule has 2 N–H and O–H groups in total. The van der Waals surface area contributed by atoms with E-state index in [0.717, 1.165) is 31.6 Å². The molecule has 1 unspecified atom stereocenters. The van der Waals surface area contributed by atoms with Gasteiger partial charge in [0.1, 0.15) is 0 Å². The molecular formula is C15H23FN2O2. The van der Waals surface area contributed by atoms with Crippen LogP contribution in [0, 0.1) is 5.82 Å². The molecule has 0 amide bonds. The molecule has 0 aromatic heterocycles. The predicted octanol–water partition coefficient (Wildman–Crippen LogP) is 2.81. The van der Waals surface area contributed by atoms with E-state index in [2.05, 4.69) is 4.90 Å². The number of piperidine rings is 1. The summed E-state index contributed by atoms with van der Waals surface area (Å²) in [6.45, 7) is 5.42. The fourth-order valence-corrected chi connectivity index (χ4v) is 2.53. The molecule has 1 aromatic rings. The number of halogens is 1. The van der Waals surface area contributed by atoms with E-state index in [4.69, 9.17) is 15.2 Å². The Morgan fingerprint density at radius 2 is 2.15 bits per heavy atom. The SMILES string of the molecule is COC1CCCN(c2cc(OC(C)C)c(F)cc2N)C1. The van der Waals surface area contributed by atoms with E-state index >= 15 is 0 Å². The van der Waals surface area contributed by atoms with Gasteiger partial charge in [0.2, 0.25) is 0 Å². The molecule has 0 radical (unpaired) electrons. The first kappa shape index (κ1) is 14.9. The van der Waals surface area contributed by atoms with Gasteiger partial charge in [-0.05, 0) is 26.7 Å². The molecule has 1 heterocycles. The van der Waals surface area contributed by atoms with Crippen LogP contribution >= 0.6 is 0 Å². The molecule has 2 rings (SSSR count). The minimum Gasteiger partial charge on any atom is -0.488 e. The third kappa shape index (κ3) is 3.33. The van der Waals surface area contributed by atoms with Crippen LogP contribution in [0.2, 0.25) is 0 Å². The fraction of sp³-hybridized carbons (Fsp3) is 0.600. The van der Waals surface area contributed by atoms with Gasteiger partial charge in [-0.3, -0.25) is 0 Å². The lowest BCUT2D eigenvalue weighted by atomic mass is 10.1. The molecular weight excluding hydrogens is 259 g/mol. The maximum atomic E-state index is 13.9. The minimum absolute atomic E-state index is 0.0750. The van der Waals surface area contributed by atoms with Crippen LogP contribution in [0.15, 0.2) is 12.1 Å². The lowest BCUT2D eigenvalue weighted by Crippen LogP contribution is -2.39. The predicted molar refractivity (Wildman–Crippen MR) is 78.8 cm³/mol. The first-order valence-electron chi connectivity index (χ1n) is 7.04. The number of nitrogens with two attached hydrogens (primary N) is 1. The van der Waals surface area contributed by atoms with Crippen molar-refractivity contribution in [2.75, 3.05) is 30.8 Å². The van der Waals surface area contributed by atoms with Crippen LogP contribution < -0.4 is 15.4 Å². The van der Waals surface area contributed by atoms with E-state index in [0.29, 0.717) is 5.69 Å². The standard InChI is InChI=1S/C15H23FN2O2/c1-10(2)20-15-8-14(13(17)7-12(15)16)18-6-4-5-11(9-18)19-3/h7-8,10-11H,4-6,9,17H2,1-3H3. The van der Waals surface area contributed by atoms with Crippen molar-refractivity contribution < 1.29 is 13.9 Å². The molecule has 0 bridgehead atoms. The minimum atomic E-state index is -0.416. The van der Waals surface area contributed by atoms with Crippen molar-refractivity contribution in [3.05, 3.63) is 17.9 Å². The molecule has 20 heavy (non-hydrogen) atoms. The van der Waals surface area contributed by atoms with Crippen LogP contribution in [0.25, 0.3) is 0 Å². The number of hydrogen-bond donors (Lipinski definition) is 1. The zero-order chi connectivity index (χ0) is 14.7. The van der Waals surface area contributed by atoms with Gasteiger partial charge in [0, 0.05) is 32.3 Å². The Morgan fingerprint density at radius 1 is 1.40 bits per heavy atom. The van der Waals surface area contributed by atoms with Gasteiger partial charge >= 0.3 is 0 Å². The zero-order valence-corrected chi connectivity index (χ0v) is 12.4. The first-order valence-corrected chi connectivity index (χ1v) is 7.04. The van der Waals surface area contributed by atoms with Crippen molar-refractivity contribution in [3.8, 4) is 5.75 Å². The fourth-order valence-electron chi connectivity index (χ4n) is 2.53. The van der Waals surface area contributed by atoms with Crippen LogP contribution in [0.1, 0.15) is 26.7 Å². The largest absolute Gasteiger partial charge is 0.488 e. The maximum absolute atomic E-state index is 13.9. The molecule has 1 fully saturated rings. The molecule has 5 heteroatoms. The molecule has 1 aliphatic rings. The number of nitrogen functional groups attached to an aromatic ring is 1. The molecule has 112 valence electrons. The second kappa shape index (κ2) is 6.31. The smallest absolute Gasteiger partial charge is 0.167 e. The van der Waals surface area contributed by atoms with Crippen molar-refractivity contribution >= 4 is 11.4 Å². The summed E-state index contributed by atoms with van der Waals surface area (Å²) in [5, 5.41) is 0. The van der Waals surface area contributed by atoms with Crippen LogP contribution in [0.4, 0.5) is 15.8 Å². The average molecular weight is 282 g/mol. The lowest BCUT2D eigenvalue weighted by Gasteiger charge is -2.34. The summed E-state index contributed by atoms with van der Waals surface area (Å²) in [7, 11) is 1.72. The highest BCUT2D eigenvalue weighted by Crippen LogP contribution is 2.33. The first-order chi connectivity index (χ1) is 9.51. The summed E-state index contributed by atoms with van der Waals surface area (Å²) in [6, 6.07) is 3.03. The zero-order valence-electron chi connectivity index (χ0n) is 12.4. The van der Waals surface area contributed by atoms with Gasteiger partial charge in [0.15, 0.2) is 11.6 Å². The number of rotatable bonds is 4. The van der Waals surface area contributed by atoms with Crippen molar-refractivity contribution in [2.45, 2.75) is 38.9 Å². The van der Waals surface area contributed by atoms with E-state index in [-0.39, 0.29) is 18.0 Å². The van der Waals surface area contributed by atoms with Crippen molar-refractivity contribution in [2.24, 2.45) is 0 Å². The number of anilines is 2. The molecule has 0 saturated carbocycles. The van der Waals surface area contributed by atoms with Gasteiger partial charge in [-0.2, -0.15) is 0 Å². The maximum Gasteiger partial charge on any atom is 0.167 e. The van der Waals surface area contributed by atoms with Crippen LogP contribution in [0.3, 0.4) is 0 Å². The monoisotopic (exact) mass is 282 g/mol. The second-order valence-corrected chi connectivity index (χ2v) is 5.45. The second-order valence-electron chi connectivity index (χ2n) is 5.45. The lowest BCUT2D eigenvalue weighted by molar-refractivity contribution is 0.0893. The highest BCUT2D eigenvalue weighted by Gasteiger charge is 2.22. The summed E-state index contributed by atoms with van der Waals surface area (Å²) >= 11 is 0. The van der Waals surface area contributed by atoms with E-state index < -0.39 is 5.82 Å². The Kier molecular flexibility index (Phi) is 4.70. The van der Waals surface area contributed by atoms with E-state index in [1.54, 1.807) is 13.2 Å². The Bertz CT molecular complexity index is 465. The summed E-state index contributed by atoms with van der Waals surface area (Å²) in [4.78, 5) is 2.14. The Morgan fingerprint density at radius 3 is 2.80 bits per heavy atom. The van der Waals surface area contributed by atoms with Gasteiger partial charge in [0.05, 0.1) is 23.6 Å². The van der Waals surface area contributed by atoms with E-state index in [1.807, 2.05) is 13.8 Å². The van der Waals surface area contributed by atoms with Crippen LogP contribution in [-0.4, -0.2) is 32.4 Å². The van der Waals surface area contributed by atoms with Crippen LogP contribution in [-0.2, 0) is 4.74 Å².